The van der Waals surface area contributed by atoms with Crippen molar-refractivity contribution >= 4 is 39.6 Å². The normalized spacial score (nSPS) is 11.0. The Morgan fingerprint density at radius 2 is 1.92 bits per heavy atom. The van der Waals surface area contributed by atoms with E-state index >= 15 is 0 Å². The number of ether oxygens (including phenoxy) is 2. The summed E-state index contributed by atoms with van der Waals surface area (Å²) in [5.41, 5.74) is 5.08. The molecule has 2 aromatic carbocycles. The van der Waals surface area contributed by atoms with Gasteiger partial charge in [0.2, 0.25) is 0 Å². The van der Waals surface area contributed by atoms with Crippen LogP contribution in [0.25, 0.3) is 27.7 Å². The summed E-state index contributed by atoms with van der Waals surface area (Å²) >= 11 is 0. The van der Waals surface area contributed by atoms with Crippen molar-refractivity contribution in [3.8, 4) is 22.8 Å². The number of hydrogen-bond acceptors (Lipinski definition) is 8. The quantitative estimate of drug-likeness (QED) is 0.284. The molecule has 11 heteroatoms. The number of rotatable bonds is 7. The highest BCUT2D eigenvalue weighted by molar-refractivity contribution is 6.05. The molecule has 6 rings (SSSR count). The molecule has 6 aromatic rings. The first-order valence-electron chi connectivity index (χ1n) is 11.7. The number of aromatic nitrogens is 6. The van der Waals surface area contributed by atoms with Crippen LogP contribution >= 0.6 is 0 Å². The van der Waals surface area contributed by atoms with Crippen LogP contribution in [0.3, 0.4) is 0 Å². The van der Waals surface area contributed by atoms with Crippen molar-refractivity contribution in [3.63, 3.8) is 0 Å². The van der Waals surface area contributed by atoms with Crippen molar-refractivity contribution in [3.05, 3.63) is 84.9 Å². The van der Waals surface area contributed by atoms with Crippen LogP contribution in [0.5, 0.6) is 11.6 Å². The number of aromatic amines is 1. The van der Waals surface area contributed by atoms with Gasteiger partial charge in [0.25, 0.3) is 11.8 Å². The molecule has 0 radical (unpaired) electrons. The fraction of sp³-hybridized carbons (Fsp3) is 0.0741. The molecule has 0 spiro atoms. The molecule has 4 heterocycles. The Kier molecular flexibility index (Phi) is 5.77. The number of carbonyl (C=O) groups excluding carboxylic acids is 1. The lowest BCUT2D eigenvalue weighted by molar-refractivity contribution is 0.102. The minimum Gasteiger partial charge on any atom is -0.491 e. The van der Waals surface area contributed by atoms with E-state index in [4.69, 9.17) is 9.47 Å². The molecule has 0 aliphatic rings. The summed E-state index contributed by atoms with van der Waals surface area (Å²) in [4.78, 5) is 21.9. The van der Waals surface area contributed by atoms with E-state index in [1.54, 1.807) is 36.0 Å². The third-order valence-electron chi connectivity index (χ3n) is 6.03. The summed E-state index contributed by atoms with van der Waals surface area (Å²) in [6.45, 7) is 0. The van der Waals surface area contributed by atoms with Crippen molar-refractivity contribution in [2.75, 3.05) is 24.9 Å². The van der Waals surface area contributed by atoms with E-state index in [9.17, 15) is 4.79 Å². The number of H-pyrrole nitrogens is 1. The van der Waals surface area contributed by atoms with Gasteiger partial charge in [0.15, 0.2) is 11.4 Å². The molecule has 0 aliphatic carbocycles. The summed E-state index contributed by atoms with van der Waals surface area (Å²) in [6.07, 6.45) is 5.06. The van der Waals surface area contributed by atoms with Crippen molar-refractivity contribution < 1.29 is 14.3 Å². The second-order valence-corrected chi connectivity index (χ2v) is 8.41. The third-order valence-corrected chi connectivity index (χ3v) is 6.03. The maximum atomic E-state index is 13.1. The Labute approximate surface area is 216 Å². The van der Waals surface area contributed by atoms with Crippen molar-refractivity contribution in [1.82, 2.24) is 29.8 Å². The molecule has 1 amide bonds. The number of benzene rings is 2. The molecule has 11 nitrogen and oxygen atoms in total. The van der Waals surface area contributed by atoms with Crippen LogP contribution in [0.1, 0.15) is 10.4 Å². The molecule has 0 saturated carbocycles. The molecule has 4 aromatic heterocycles. The van der Waals surface area contributed by atoms with E-state index in [0.717, 1.165) is 22.0 Å². The highest BCUT2D eigenvalue weighted by Crippen LogP contribution is 2.31. The van der Waals surface area contributed by atoms with Crippen LogP contribution < -0.4 is 20.1 Å². The number of pyridine rings is 2. The summed E-state index contributed by atoms with van der Waals surface area (Å²) in [5, 5.41) is 18.4. The Morgan fingerprint density at radius 3 is 2.79 bits per heavy atom. The summed E-state index contributed by atoms with van der Waals surface area (Å²) in [7, 11) is 3.09. The Balaban J connectivity index is 1.31. The first kappa shape index (κ1) is 23.0. The van der Waals surface area contributed by atoms with Gasteiger partial charge in [0.05, 0.1) is 31.6 Å². The largest absolute Gasteiger partial charge is 0.491 e. The molecule has 38 heavy (non-hydrogen) atoms. The van der Waals surface area contributed by atoms with Crippen molar-refractivity contribution in [1.29, 1.82) is 0 Å². The topological polar surface area (TPSA) is 131 Å². The summed E-state index contributed by atoms with van der Waals surface area (Å²) in [5.74, 6) is 1.22. The molecular weight excluding hydrogens is 484 g/mol. The van der Waals surface area contributed by atoms with E-state index in [0.29, 0.717) is 40.0 Å². The number of methoxy groups -OCH3 is 2. The van der Waals surface area contributed by atoms with E-state index in [-0.39, 0.29) is 5.91 Å². The van der Waals surface area contributed by atoms with Gasteiger partial charge in [-0.25, -0.2) is 9.50 Å². The molecular formula is C27H22N8O3. The van der Waals surface area contributed by atoms with Crippen LogP contribution in [-0.4, -0.2) is 49.9 Å². The number of nitrogens with zero attached hydrogens (tertiary/aromatic N) is 5. The first-order valence-corrected chi connectivity index (χ1v) is 11.7. The molecule has 188 valence electrons. The van der Waals surface area contributed by atoms with Gasteiger partial charge in [-0.2, -0.15) is 15.2 Å². The Morgan fingerprint density at radius 1 is 1.00 bits per heavy atom. The van der Waals surface area contributed by atoms with E-state index in [2.05, 4.69) is 35.9 Å². The van der Waals surface area contributed by atoms with Crippen molar-refractivity contribution in [2.24, 2.45) is 0 Å². The van der Waals surface area contributed by atoms with Gasteiger partial charge in [-0.1, -0.05) is 12.1 Å². The average Bonchev–Trinajstić information content (AvgIpc) is 3.62. The Bertz CT molecular complexity index is 1790. The second kappa shape index (κ2) is 9.54. The SMILES string of the molecule is COc1ccc(Nc2cc(-c3cccc(C(=O)Nc4ccc5[nH]ncc5c4)c3)cn3ncnc23)nc1OC. The zero-order valence-corrected chi connectivity index (χ0v) is 20.5. The fourth-order valence-electron chi connectivity index (χ4n) is 4.18. The molecule has 0 atom stereocenters. The number of carbonyl (C=O) groups is 1. The molecule has 0 aliphatic heterocycles. The lowest BCUT2D eigenvalue weighted by Crippen LogP contribution is -2.11. The molecule has 3 N–H and O–H groups in total. The summed E-state index contributed by atoms with van der Waals surface area (Å²) in [6, 6.07) is 18.5. The monoisotopic (exact) mass is 506 g/mol. The lowest BCUT2D eigenvalue weighted by atomic mass is 10.0. The number of fused-ring (bicyclic) bond motifs is 2. The summed E-state index contributed by atoms with van der Waals surface area (Å²) < 4.78 is 12.3. The fourth-order valence-corrected chi connectivity index (χ4v) is 4.18. The number of nitrogens with one attached hydrogen (secondary N) is 3. The van der Waals surface area contributed by atoms with Crippen molar-refractivity contribution in [2.45, 2.75) is 0 Å². The second-order valence-electron chi connectivity index (χ2n) is 8.41. The zero-order chi connectivity index (χ0) is 26.1. The number of anilines is 3. The van der Waals surface area contributed by atoms with Crippen LogP contribution in [0.2, 0.25) is 0 Å². The van der Waals surface area contributed by atoms with Crippen LogP contribution in [-0.2, 0) is 0 Å². The van der Waals surface area contributed by atoms with E-state index < -0.39 is 0 Å². The maximum Gasteiger partial charge on any atom is 0.258 e. The van der Waals surface area contributed by atoms with Gasteiger partial charge < -0.3 is 20.1 Å². The van der Waals surface area contributed by atoms with E-state index in [1.807, 2.05) is 48.7 Å². The van der Waals surface area contributed by atoms with Crippen LogP contribution in [0.4, 0.5) is 17.2 Å². The lowest BCUT2D eigenvalue weighted by Gasteiger charge is -2.12. The first-order chi connectivity index (χ1) is 18.6. The van der Waals surface area contributed by atoms with Crippen LogP contribution in [0, 0.1) is 0 Å². The zero-order valence-electron chi connectivity index (χ0n) is 20.5. The van der Waals surface area contributed by atoms with Gasteiger partial charge in [-0.3, -0.25) is 9.89 Å². The minimum atomic E-state index is -0.218. The highest BCUT2D eigenvalue weighted by Gasteiger charge is 2.13. The maximum absolute atomic E-state index is 13.1. The standard InChI is InChI=1S/C27H22N8O3/c1-37-23-8-9-24(33-27(23)38-2)32-22-12-19(14-35-25(22)28-15-30-35)16-4-3-5-17(10-16)26(36)31-20-6-7-21-18(11-20)13-29-34-21/h3-15H,1-2H3,(H,29,34)(H,31,36)(H,32,33). The molecule has 0 fully saturated rings. The van der Waals surface area contributed by atoms with Crippen LogP contribution in [0.15, 0.2) is 79.4 Å². The van der Waals surface area contributed by atoms with Gasteiger partial charge in [-0.05, 0) is 54.1 Å². The highest BCUT2D eigenvalue weighted by atomic mass is 16.5. The van der Waals surface area contributed by atoms with Gasteiger partial charge in [0, 0.05) is 28.4 Å². The molecule has 0 unspecified atom stereocenters. The molecule has 0 saturated heterocycles. The molecule has 0 bridgehead atoms. The van der Waals surface area contributed by atoms with Gasteiger partial charge in [-0.15, -0.1) is 0 Å². The van der Waals surface area contributed by atoms with Gasteiger partial charge >= 0.3 is 0 Å². The van der Waals surface area contributed by atoms with E-state index in [1.165, 1.54) is 13.4 Å². The smallest absolute Gasteiger partial charge is 0.258 e. The number of hydrogen-bond donors (Lipinski definition) is 3. The number of amides is 1. The predicted octanol–water partition coefficient (Wildman–Crippen LogP) is 4.68. The van der Waals surface area contributed by atoms with Gasteiger partial charge in [0.1, 0.15) is 12.1 Å². The average molecular weight is 507 g/mol. The Hall–Kier alpha value is -5.45. The predicted molar refractivity (Wildman–Crippen MR) is 143 cm³/mol. The minimum absolute atomic E-state index is 0.218. The third kappa shape index (κ3) is 4.32.